The lowest BCUT2D eigenvalue weighted by Gasteiger charge is -2.07. The molecule has 4 rings (SSSR count). The summed E-state index contributed by atoms with van der Waals surface area (Å²) in [5, 5.41) is -0.440. The summed E-state index contributed by atoms with van der Waals surface area (Å²) in [7, 11) is 0. The van der Waals surface area contributed by atoms with E-state index in [9.17, 15) is 19.2 Å². The maximum atomic E-state index is 12.2. The van der Waals surface area contributed by atoms with Crippen molar-refractivity contribution in [2.75, 3.05) is 0 Å². The molecule has 2 heterocycles. The summed E-state index contributed by atoms with van der Waals surface area (Å²) < 4.78 is 15.1. The van der Waals surface area contributed by atoms with Crippen molar-refractivity contribution in [3.63, 3.8) is 0 Å². The molecule has 0 aliphatic carbocycles. The molecule has 1 aromatic heterocycles. The van der Waals surface area contributed by atoms with Crippen LogP contribution in [-0.2, 0) is 4.74 Å². The molecular weight excluding hydrogens is 304 g/mol. The number of benzene rings is 2. The van der Waals surface area contributed by atoms with Crippen LogP contribution in [0.2, 0.25) is 0 Å². The molecule has 0 saturated carbocycles. The van der Waals surface area contributed by atoms with Crippen molar-refractivity contribution in [3.8, 4) is 0 Å². The van der Waals surface area contributed by atoms with E-state index >= 15 is 0 Å². The van der Waals surface area contributed by atoms with E-state index in [2.05, 4.69) is 0 Å². The van der Waals surface area contributed by atoms with Gasteiger partial charge in [-0.1, -0.05) is 0 Å². The zero-order valence-electron chi connectivity index (χ0n) is 11.3. The van der Waals surface area contributed by atoms with E-state index in [1.165, 1.54) is 36.4 Å². The van der Waals surface area contributed by atoms with Crippen LogP contribution in [0.15, 0.2) is 54.8 Å². The summed E-state index contributed by atoms with van der Waals surface area (Å²) in [6, 6.07) is 7.91. The van der Waals surface area contributed by atoms with Crippen LogP contribution in [0.5, 0.6) is 0 Å². The Hall–Kier alpha value is -3.48. The summed E-state index contributed by atoms with van der Waals surface area (Å²) in [4.78, 5) is 48.5. The Morgan fingerprint density at radius 2 is 1.09 bits per heavy atom. The highest BCUT2D eigenvalue weighted by atomic mass is 16.6. The van der Waals surface area contributed by atoms with Crippen molar-refractivity contribution in [2.45, 2.75) is 0 Å². The molecule has 112 valence electrons. The molecule has 0 unspecified atom stereocenters. The van der Waals surface area contributed by atoms with Crippen LogP contribution in [0.4, 0.5) is 0 Å². The molecule has 1 aliphatic rings. The maximum Gasteiger partial charge on any atom is 0.347 e. The number of rotatable bonds is 0. The Morgan fingerprint density at radius 1 is 0.609 bits per heavy atom. The molecule has 7 nitrogen and oxygen atoms in total. The Bertz CT molecular complexity index is 1080. The fourth-order valence-electron chi connectivity index (χ4n) is 2.39. The van der Waals surface area contributed by atoms with Crippen LogP contribution in [0.25, 0.3) is 21.9 Å². The quantitative estimate of drug-likeness (QED) is 0.460. The number of hydrogen-bond donors (Lipinski definition) is 0. The van der Waals surface area contributed by atoms with Gasteiger partial charge in [-0.05, 0) is 36.4 Å². The van der Waals surface area contributed by atoms with Crippen LogP contribution in [-0.4, -0.2) is 11.9 Å². The summed E-state index contributed by atoms with van der Waals surface area (Å²) in [6.45, 7) is 0. The lowest BCUT2D eigenvalue weighted by atomic mass is 10.1. The van der Waals surface area contributed by atoms with Gasteiger partial charge in [0.05, 0.1) is 21.9 Å². The first kappa shape index (κ1) is 13.2. The summed E-state index contributed by atoms with van der Waals surface area (Å²) in [6.07, 6.45) is 0. The number of cyclic esters (lactones) is 2. The molecule has 0 saturated heterocycles. The molecule has 0 spiro atoms. The molecule has 3 aromatic rings. The van der Waals surface area contributed by atoms with Crippen LogP contribution in [0.1, 0.15) is 20.7 Å². The molecule has 23 heavy (non-hydrogen) atoms. The van der Waals surface area contributed by atoms with E-state index < -0.39 is 23.2 Å². The lowest BCUT2D eigenvalue weighted by Crippen LogP contribution is -2.19. The average Bonchev–Trinajstić information content (AvgIpc) is 2.52. The molecule has 7 heteroatoms. The zero-order chi connectivity index (χ0) is 16.1. The number of fused-ring (bicyclic) bond motifs is 4. The largest absolute Gasteiger partial charge is 0.457 e. The van der Waals surface area contributed by atoms with Gasteiger partial charge < -0.3 is 13.6 Å². The highest BCUT2D eigenvalue weighted by Crippen LogP contribution is 2.19. The number of esters is 2. The molecule has 4 bridgehead atoms. The highest BCUT2D eigenvalue weighted by molar-refractivity contribution is 6.09. The fourth-order valence-corrected chi connectivity index (χ4v) is 2.39. The lowest BCUT2D eigenvalue weighted by molar-refractivity contribution is 0.0400. The van der Waals surface area contributed by atoms with Crippen molar-refractivity contribution in [1.82, 2.24) is 0 Å². The Kier molecular flexibility index (Phi) is 2.59. The second kappa shape index (κ2) is 4.51. The minimum Gasteiger partial charge on any atom is -0.457 e. The van der Waals surface area contributed by atoms with Crippen LogP contribution < -0.4 is 11.3 Å². The smallest absolute Gasteiger partial charge is 0.347 e. The van der Waals surface area contributed by atoms with Gasteiger partial charge in [0.15, 0.2) is 0 Å². The number of ether oxygens (including phenoxy) is 1. The van der Waals surface area contributed by atoms with Crippen molar-refractivity contribution in [3.05, 3.63) is 68.4 Å². The fraction of sp³-hybridized carbons (Fsp3) is 0. The molecule has 0 amide bonds. The topological polar surface area (TPSA) is 104 Å². The Labute approximate surface area is 126 Å². The molecule has 0 fully saturated rings. The zero-order valence-corrected chi connectivity index (χ0v) is 11.3. The molecule has 2 aromatic carbocycles. The van der Waals surface area contributed by atoms with Crippen LogP contribution in [0.3, 0.4) is 0 Å². The second-order valence-corrected chi connectivity index (χ2v) is 4.87. The van der Waals surface area contributed by atoms with Gasteiger partial charge in [-0.15, -0.1) is 0 Å². The Morgan fingerprint density at radius 3 is 1.57 bits per heavy atom. The average molecular weight is 310 g/mol. The van der Waals surface area contributed by atoms with Crippen molar-refractivity contribution >= 4 is 33.9 Å². The van der Waals surface area contributed by atoms with E-state index in [4.69, 9.17) is 13.6 Å². The van der Waals surface area contributed by atoms with Crippen molar-refractivity contribution < 1.29 is 23.2 Å². The van der Waals surface area contributed by atoms with E-state index in [-0.39, 0.29) is 33.1 Å². The predicted molar refractivity (Wildman–Crippen MR) is 77.1 cm³/mol. The van der Waals surface area contributed by atoms with Crippen LogP contribution >= 0.6 is 0 Å². The third kappa shape index (κ3) is 1.98. The first-order valence-corrected chi connectivity index (χ1v) is 6.52. The van der Waals surface area contributed by atoms with Gasteiger partial charge in [0.2, 0.25) is 0 Å². The van der Waals surface area contributed by atoms with E-state index in [0.29, 0.717) is 0 Å². The van der Waals surface area contributed by atoms with Crippen molar-refractivity contribution in [1.29, 1.82) is 0 Å². The van der Waals surface area contributed by atoms with Gasteiger partial charge in [0.1, 0.15) is 11.2 Å². The first-order valence-electron chi connectivity index (χ1n) is 6.52. The normalized spacial score (nSPS) is 13.2. The summed E-state index contributed by atoms with van der Waals surface area (Å²) in [5.41, 5.74) is -1.90. The van der Waals surface area contributed by atoms with Crippen molar-refractivity contribution in [2.24, 2.45) is 0 Å². The monoisotopic (exact) mass is 310 g/mol. The SMILES string of the molecule is O=C1OC(=O)c2ccc3cc2c(=O)oc(=O)c2cc(ccc21)o3. The van der Waals surface area contributed by atoms with E-state index in [1.807, 2.05) is 0 Å². The summed E-state index contributed by atoms with van der Waals surface area (Å²) >= 11 is 0. The minimum atomic E-state index is -1.03. The van der Waals surface area contributed by atoms with Gasteiger partial charge in [-0.2, -0.15) is 0 Å². The molecular formula is C16H6O7. The number of hydrogen-bond acceptors (Lipinski definition) is 7. The predicted octanol–water partition coefficient (Wildman–Crippen LogP) is 1.77. The van der Waals surface area contributed by atoms with Gasteiger partial charge in [0, 0.05) is 0 Å². The van der Waals surface area contributed by atoms with Gasteiger partial charge in [0.25, 0.3) is 0 Å². The number of carbonyl (C=O) groups excluding carboxylic acids is 2. The minimum absolute atomic E-state index is 0.193. The van der Waals surface area contributed by atoms with E-state index in [0.717, 1.165) is 0 Å². The summed E-state index contributed by atoms with van der Waals surface area (Å²) in [5.74, 6) is -2.03. The molecule has 0 radical (unpaired) electrons. The molecule has 0 atom stereocenters. The van der Waals surface area contributed by atoms with Gasteiger partial charge in [-0.3, -0.25) is 0 Å². The van der Waals surface area contributed by atoms with Crippen LogP contribution in [0, 0.1) is 0 Å². The molecule has 1 aliphatic heterocycles. The molecule has 0 N–H and O–H groups in total. The highest BCUT2D eigenvalue weighted by Gasteiger charge is 2.22. The first-order chi connectivity index (χ1) is 11.0. The Balaban J connectivity index is 2.42. The second-order valence-electron chi connectivity index (χ2n) is 4.87. The number of carbonyl (C=O) groups is 2. The van der Waals surface area contributed by atoms with E-state index in [1.54, 1.807) is 0 Å². The van der Waals surface area contributed by atoms with Gasteiger partial charge >= 0.3 is 23.2 Å². The maximum absolute atomic E-state index is 12.2. The third-order valence-corrected chi connectivity index (χ3v) is 3.47. The standard InChI is InChI=1S/C16H6O7/c17-13-9-3-1-7-5-11(9)15(19)23-16(20)12-6-8(21-7)2-4-10(12)14(18)22-13/h1-6H. The van der Waals surface area contributed by atoms with Gasteiger partial charge in [-0.25, -0.2) is 19.2 Å². The third-order valence-electron chi connectivity index (χ3n) is 3.47.